The number of halogens is 2. The zero-order chi connectivity index (χ0) is 20.0. The second-order valence-electron chi connectivity index (χ2n) is 7.29. The Morgan fingerprint density at radius 1 is 1.14 bits per heavy atom. The molecule has 0 atom stereocenters. The van der Waals surface area contributed by atoms with Crippen LogP contribution in [-0.4, -0.2) is 25.9 Å². The Morgan fingerprint density at radius 2 is 1.86 bits per heavy atom. The van der Waals surface area contributed by atoms with Gasteiger partial charge in [0, 0.05) is 36.6 Å². The Bertz CT molecular complexity index is 1090. The zero-order valence-corrected chi connectivity index (χ0v) is 17.5. The average Bonchev–Trinajstić information content (AvgIpc) is 3.01. The third-order valence-corrected chi connectivity index (χ3v) is 5.73. The highest BCUT2D eigenvalue weighted by Crippen LogP contribution is 2.29. The molecule has 0 aliphatic carbocycles. The van der Waals surface area contributed by atoms with Crippen molar-refractivity contribution in [2.24, 2.45) is 7.05 Å². The minimum absolute atomic E-state index is 0.161. The van der Waals surface area contributed by atoms with Gasteiger partial charge < -0.3 is 9.47 Å². The molecule has 0 saturated carbocycles. The summed E-state index contributed by atoms with van der Waals surface area (Å²) in [7, 11) is 2.07. The molecular formula is C20H21Cl2N5O. The van der Waals surface area contributed by atoms with Crippen molar-refractivity contribution in [3.05, 3.63) is 68.1 Å². The van der Waals surface area contributed by atoms with Crippen LogP contribution in [0.25, 0.3) is 5.69 Å². The van der Waals surface area contributed by atoms with Crippen molar-refractivity contribution in [2.75, 3.05) is 11.4 Å². The van der Waals surface area contributed by atoms with Gasteiger partial charge in [0.1, 0.15) is 10.8 Å². The van der Waals surface area contributed by atoms with E-state index in [4.69, 9.17) is 28.2 Å². The molecule has 0 saturated heterocycles. The third kappa shape index (κ3) is 3.20. The van der Waals surface area contributed by atoms with Gasteiger partial charge in [-0.15, -0.1) is 0 Å². The van der Waals surface area contributed by atoms with E-state index in [1.54, 1.807) is 30.5 Å². The molecule has 1 aliphatic rings. The van der Waals surface area contributed by atoms with Gasteiger partial charge in [0.05, 0.1) is 29.8 Å². The second kappa shape index (κ2) is 7.26. The van der Waals surface area contributed by atoms with E-state index in [0.29, 0.717) is 28.9 Å². The lowest BCUT2D eigenvalue weighted by Gasteiger charge is -2.29. The van der Waals surface area contributed by atoms with Crippen LogP contribution in [0.5, 0.6) is 0 Å². The highest BCUT2D eigenvalue weighted by atomic mass is 35.5. The first kappa shape index (κ1) is 19.0. The summed E-state index contributed by atoms with van der Waals surface area (Å²) in [6.45, 7) is 5.66. The predicted octanol–water partition coefficient (Wildman–Crippen LogP) is 3.96. The number of nitrogens with zero attached hydrogens (tertiary/aromatic N) is 5. The number of rotatable bonds is 3. The molecule has 28 heavy (non-hydrogen) atoms. The molecule has 0 N–H and O–H groups in total. The molecule has 3 heterocycles. The lowest BCUT2D eigenvalue weighted by atomic mass is 10.1. The topological polar surface area (TPSA) is 56.0 Å². The van der Waals surface area contributed by atoms with Gasteiger partial charge >= 0.3 is 0 Å². The van der Waals surface area contributed by atoms with E-state index in [0.717, 1.165) is 24.5 Å². The monoisotopic (exact) mass is 417 g/mol. The molecule has 0 spiro atoms. The summed E-state index contributed by atoms with van der Waals surface area (Å²) in [5.41, 5.74) is 3.19. The molecular weight excluding hydrogens is 397 g/mol. The molecule has 146 valence electrons. The number of benzene rings is 1. The third-order valence-electron chi connectivity index (χ3n) is 5.12. The lowest BCUT2D eigenvalue weighted by Crippen LogP contribution is -2.33. The maximum atomic E-state index is 12.8. The number of hydrogen-bond acceptors (Lipinski definition) is 4. The first-order valence-electron chi connectivity index (χ1n) is 9.20. The van der Waals surface area contributed by atoms with Crippen molar-refractivity contribution in [3.8, 4) is 5.69 Å². The van der Waals surface area contributed by atoms with E-state index in [1.807, 2.05) is 0 Å². The number of anilines is 1. The molecule has 8 heteroatoms. The SMILES string of the molecule is CC(C)c1nc2c(n1C)CCN(c1cnn(-c3ccc(Cl)cc3)c(=O)c1Cl)C2. The summed E-state index contributed by atoms with van der Waals surface area (Å²) in [5, 5.41) is 5.09. The van der Waals surface area contributed by atoms with Crippen molar-refractivity contribution < 1.29 is 0 Å². The van der Waals surface area contributed by atoms with Gasteiger partial charge in [-0.3, -0.25) is 4.79 Å². The number of hydrogen-bond donors (Lipinski definition) is 0. The normalized spacial score (nSPS) is 13.9. The molecule has 6 nitrogen and oxygen atoms in total. The Labute approximate surface area is 173 Å². The maximum absolute atomic E-state index is 12.8. The van der Waals surface area contributed by atoms with Crippen LogP contribution in [0.4, 0.5) is 5.69 Å². The quantitative estimate of drug-likeness (QED) is 0.646. The molecule has 4 rings (SSSR count). The minimum Gasteiger partial charge on any atom is -0.362 e. The van der Waals surface area contributed by atoms with E-state index in [-0.39, 0.29) is 10.6 Å². The number of fused-ring (bicyclic) bond motifs is 1. The Morgan fingerprint density at radius 3 is 2.54 bits per heavy atom. The first-order chi connectivity index (χ1) is 13.4. The summed E-state index contributed by atoms with van der Waals surface area (Å²) >= 11 is 12.4. The van der Waals surface area contributed by atoms with E-state index in [1.165, 1.54) is 10.4 Å². The summed E-state index contributed by atoms with van der Waals surface area (Å²) in [6, 6.07) is 6.90. The van der Waals surface area contributed by atoms with Crippen LogP contribution in [0.15, 0.2) is 35.3 Å². The summed E-state index contributed by atoms with van der Waals surface area (Å²) in [4.78, 5) is 19.7. The van der Waals surface area contributed by atoms with Crippen molar-refractivity contribution in [1.29, 1.82) is 0 Å². The van der Waals surface area contributed by atoms with Gasteiger partial charge in [-0.2, -0.15) is 9.78 Å². The van der Waals surface area contributed by atoms with E-state index in [2.05, 4.69) is 35.5 Å². The van der Waals surface area contributed by atoms with Gasteiger partial charge in [-0.05, 0) is 24.3 Å². The van der Waals surface area contributed by atoms with Gasteiger partial charge in [0.25, 0.3) is 5.56 Å². The highest BCUT2D eigenvalue weighted by Gasteiger charge is 2.26. The summed E-state index contributed by atoms with van der Waals surface area (Å²) in [6.07, 6.45) is 2.50. The van der Waals surface area contributed by atoms with Crippen LogP contribution in [0, 0.1) is 0 Å². The maximum Gasteiger partial charge on any atom is 0.292 e. The molecule has 3 aromatic rings. The van der Waals surface area contributed by atoms with Gasteiger partial charge in [0.2, 0.25) is 0 Å². The molecule has 2 aromatic heterocycles. The molecule has 0 bridgehead atoms. The Hall–Kier alpha value is -2.31. The standard InChI is InChI=1S/C20H21Cl2N5O/c1-12(2)19-24-15-11-26(9-8-16(15)25(19)3)17-10-23-27(20(28)18(17)22)14-6-4-13(21)5-7-14/h4-7,10,12H,8-9,11H2,1-3H3. The average molecular weight is 418 g/mol. The smallest absolute Gasteiger partial charge is 0.292 e. The fourth-order valence-corrected chi connectivity index (χ4v) is 4.06. The lowest BCUT2D eigenvalue weighted by molar-refractivity contribution is 0.659. The van der Waals surface area contributed by atoms with Crippen molar-refractivity contribution >= 4 is 28.9 Å². The minimum atomic E-state index is -0.351. The van der Waals surface area contributed by atoms with Crippen LogP contribution >= 0.6 is 23.2 Å². The molecule has 0 amide bonds. The second-order valence-corrected chi connectivity index (χ2v) is 8.10. The molecule has 0 unspecified atom stereocenters. The first-order valence-corrected chi connectivity index (χ1v) is 9.95. The summed E-state index contributed by atoms with van der Waals surface area (Å²) in [5.74, 6) is 1.44. The highest BCUT2D eigenvalue weighted by molar-refractivity contribution is 6.33. The van der Waals surface area contributed by atoms with Crippen LogP contribution in [-0.2, 0) is 20.0 Å². The Balaban J connectivity index is 1.67. The van der Waals surface area contributed by atoms with E-state index < -0.39 is 0 Å². The molecule has 1 aliphatic heterocycles. The van der Waals surface area contributed by atoms with Gasteiger partial charge in [-0.1, -0.05) is 37.0 Å². The fourth-order valence-electron chi connectivity index (χ4n) is 3.68. The molecule has 0 radical (unpaired) electrons. The molecule has 0 fully saturated rings. The largest absolute Gasteiger partial charge is 0.362 e. The van der Waals surface area contributed by atoms with Crippen LogP contribution in [0.2, 0.25) is 10.0 Å². The van der Waals surface area contributed by atoms with Crippen LogP contribution in [0.1, 0.15) is 37.0 Å². The zero-order valence-electron chi connectivity index (χ0n) is 16.0. The number of imidazole rings is 1. The van der Waals surface area contributed by atoms with Gasteiger partial charge in [-0.25, -0.2) is 4.98 Å². The van der Waals surface area contributed by atoms with E-state index >= 15 is 0 Å². The predicted molar refractivity (Wildman–Crippen MR) is 112 cm³/mol. The van der Waals surface area contributed by atoms with Crippen LogP contribution in [0.3, 0.4) is 0 Å². The van der Waals surface area contributed by atoms with E-state index in [9.17, 15) is 4.79 Å². The summed E-state index contributed by atoms with van der Waals surface area (Å²) < 4.78 is 3.48. The van der Waals surface area contributed by atoms with Crippen LogP contribution < -0.4 is 10.5 Å². The van der Waals surface area contributed by atoms with Gasteiger partial charge in [0.15, 0.2) is 0 Å². The Kier molecular flexibility index (Phi) is 4.93. The number of aromatic nitrogens is 4. The molecule has 1 aromatic carbocycles. The van der Waals surface area contributed by atoms with Crippen molar-refractivity contribution in [1.82, 2.24) is 19.3 Å². The van der Waals surface area contributed by atoms with Crippen molar-refractivity contribution in [3.63, 3.8) is 0 Å². The van der Waals surface area contributed by atoms with Crippen molar-refractivity contribution in [2.45, 2.75) is 32.7 Å². The fraction of sp³-hybridized carbons (Fsp3) is 0.350.